The van der Waals surface area contributed by atoms with E-state index in [1.54, 1.807) is 50.2 Å². The molecule has 0 fully saturated rings. The Morgan fingerprint density at radius 3 is 2.16 bits per heavy atom. The number of benzene rings is 2. The van der Waals surface area contributed by atoms with Crippen LogP contribution >= 0.6 is 0 Å². The van der Waals surface area contributed by atoms with Crippen LogP contribution in [-0.4, -0.2) is 32.6 Å². The van der Waals surface area contributed by atoms with Crippen LogP contribution in [0, 0.1) is 5.92 Å². The number of carbonyl (C=O) groups excluding carboxylic acids is 2. The number of hydrogen-bond acceptors (Lipinski definition) is 5. The van der Waals surface area contributed by atoms with E-state index in [1.807, 2.05) is 0 Å². The second-order valence-corrected chi connectivity index (χ2v) is 9.63. The van der Waals surface area contributed by atoms with Crippen LogP contribution in [0.1, 0.15) is 49.9 Å². The van der Waals surface area contributed by atoms with Gasteiger partial charge in [0.15, 0.2) is 0 Å². The first-order valence-corrected chi connectivity index (χ1v) is 12.1. The van der Waals surface area contributed by atoms with Gasteiger partial charge in [0, 0.05) is 35.8 Å². The van der Waals surface area contributed by atoms with Gasteiger partial charge in [0.1, 0.15) is 5.84 Å². The third-order valence-electron chi connectivity index (χ3n) is 4.99. The van der Waals surface area contributed by atoms with Crippen LogP contribution in [-0.2, 0) is 14.8 Å². The smallest absolute Gasteiger partial charge is 0.262 e. The number of sulfonamides is 1. The van der Waals surface area contributed by atoms with E-state index < -0.39 is 10.0 Å². The molecule has 1 aliphatic rings. The Balaban J connectivity index is 1.61. The van der Waals surface area contributed by atoms with E-state index in [0.29, 0.717) is 35.7 Å². The van der Waals surface area contributed by atoms with Gasteiger partial charge in [0.05, 0.1) is 4.90 Å². The number of rotatable bonds is 6. The Morgan fingerprint density at radius 1 is 0.875 bits per heavy atom. The molecule has 1 aliphatic heterocycles. The molecule has 0 bridgehead atoms. The summed E-state index contributed by atoms with van der Waals surface area (Å²) in [6.07, 6.45) is 3.54. The molecule has 3 rings (SSSR count). The van der Waals surface area contributed by atoms with Gasteiger partial charge < -0.3 is 10.6 Å². The third-order valence-corrected chi connectivity index (χ3v) is 6.39. The highest BCUT2D eigenvalue weighted by atomic mass is 32.2. The van der Waals surface area contributed by atoms with Crippen molar-refractivity contribution >= 4 is 39.0 Å². The van der Waals surface area contributed by atoms with E-state index in [2.05, 4.69) is 20.3 Å². The lowest BCUT2D eigenvalue weighted by atomic mass is 10.1. The van der Waals surface area contributed by atoms with Crippen molar-refractivity contribution in [3.63, 3.8) is 0 Å². The van der Waals surface area contributed by atoms with Crippen molar-refractivity contribution < 1.29 is 18.0 Å². The van der Waals surface area contributed by atoms with Crippen LogP contribution in [0.5, 0.6) is 0 Å². The molecular weight excluding hydrogens is 428 g/mol. The van der Waals surface area contributed by atoms with Crippen LogP contribution in [0.3, 0.4) is 0 Å². The molecular formula is C23H28N4O4S. The summed E-state index contributed by atoms with van der Waals surface area (Å²) in [5.41, 5.74) is 1.50. The summed E-state index contributed by atoms with van der Waals surface area (Å²) in [5.74, 6) is -0.0841. The summed E-state index contributed by atoms with van der Waals surface area (Å²) in [6.45, 7) is 4.23. The van der Waals surface area contributed by atoms with Gasteiger partial charge in [0.2, 0.25) is 5.91 Å². The molecule has 9 heteroatoms. The van der Waals surface area contributed by atoms with Gasteiger partial charge in [-0.2, -0.15) is 0 Å². The largest absolute Gasteiger partial charge is 0.326 e. The van der Waals surface area contributed by atoms with Gasteiger partial charge >= 0.3 is 0 Å². The molecule has 0 saturated carbocycles. The minimum Gasteiger partial charge on any atom is -0.326 e. The molecule has 0 radical (unpaired) electrons. The first kappa shape index (κ1) is 23.5. The summed E-state index contributed by atoms with van der Waals surface area (Å²) in [5, 5.41) is 5.51. The van der Waals surface area contributed by atoms with E-state index in [9.17, 15) is 18.0 Å². The predicted molar refractivity (Wildman–Crippen MR) is 125 cm³/mol. The fourth-order valence-electron chi connectivity index (χ4n) is 3.08. The Hall–Kier alpha value is -3.20. The van der Waals surface area contributed by atoms with Crippen LogP contribution in [0.25, 0.3) is 0 Å². The molecule has 0 aromatic heterocycles. The maximum atomic E-state index is 12.6. The predicted octanol–water partition coefficient (Wildman–Crippen LogP) is 3.78. The van der Waals surface area contributed by atoms with Crippen molar-refractivity contribution in [2.24, 2.45) is 10.9 Å². The number of hydrogen-bond donors (Lipinski definition) is 3. The van der Waals surface area contributed by atoms with Crippen molar-refractivity contribution in [1.82, 2.24) is 4.72 Å². The molecule has 1 heterocycles. The monoisotopic (exact) mass is 456 g/mol. The zero-order valence-corrected chi connectivity index (χ0v) is 19.0. The lowest BCUT2D eigenvalue weighted by Crippen LogP contribution is -2.30. The molecule has 3 N–H and O–H groups in total. The highest BCUT2D eigenvalue weighted by Gasteiger charge is 2.17. The van der Waals surface area contributed by atoms with Crippen molar-refractivity contribution in [2.75, 3.05) is 17.2 Å². The molecule has 8 nitrogen and oxygen atoms in total. The second kappa shape index (κ2) is 10.4. The van der Waals surface area contributed by atoms with E-state index in [-0.39, 0.29) is 22.6 Å². The summed E-state index contributed by atoms with van der Waals surface area (Å²) in [6, 6.07) is 12.5. The number of nitrogens with one attached hydrogen (secondary N) is 3. The maximum Gasteiger partial charge on any atom is 0.262 e. The molecule has 32 heavy (non-hydrogen) atoms. The Labute approximate surface area is 188 Å². The fraction of sp³-hybridized carbons (Fsp3) is 0.348. The minimum atomic E-state index is -3.72. The summed E-state index contributed by atoms with van der Waals surface area (Å²) in [4.78, 5) is 28.6. The lowest BCUT2D eigenvalue weighted by Gasteiger charge is -2.11. The molecule has 2 amide bonds. The van der Waals surface area contributed by atoms with Gasteiger partial charge in [-0.3, -0.25) is 19.3 Å². The summed E-state index contributed by atoms with van der Waals surface area (Å²) < 4.78 is 27.8. The average molecular weight is 457 g/mol. The molecule has 170 valence electrons. The Kier molecular flexibility index (Phi) is 7.63. The second-order valence-electron chi connectivity index (χ2n) is 7.94. The first-order valence-electron chi connectivity index (χ1n) is 10.6. The normalized spacial score (nSPS) is 14.3. The van der Waals surface area contributed by atoms with Crippen LogP contribution < -0.4 is 15.4 Å². The SMILES string of the molecule is CC(C)C(=O)Nc1ccc(C(=O)Nc2ccc(S(=O)(=O)NC3=NCCCCC3)cc2)cc1. The quantitative estimate of drug-likeness (QED) is 0.613. The van der Waals surface area contributed by atoms with E-state index in [1.165, 1.54) is 12.1 Å². The zero-order chi connectivity index (χ0) is 23.1. The summed E-state index contributed by atoms with van der Waals surface area (Å²) >= 11 is 0. The van der Waals surface area contributed by atoms with Crippen molar-refractivity contribution in [1.29, 1.82) is 0 Å². The van der Waals surface area contributed by atoms with Crippen molar-refractivity contribution in [2.45, 2.75) is 44.4 Å². The molecule has 0 atom stereocenters. The van der Waals surface area contributed by atoms with Crippen molar-refractivity contribution in [3.05, 3.63) is 54.1 Å². The molecule has 0 spiro atoms. The van der Waals surface area contributed by atoms with E-state index >= 15 is 0 Å². The maximum absolute atomic E-state index is 12.6. The highest BCUT2D eigenvalue weighted by molar-refractivity contribution is 7.90. The number of amides is 2. The zero-order valence-electron chi connectivity index (χ0n) is 18.2. The van der Waals surface area contributed by atoms with Gasteiger partial charge in [-0.1, -0.05) is 20.3 Å². The molecule has 2 aromatic carbocycles. The summed E-state index contributed by atoms with van der Waals surface area (Å²) in [7, 11) is -3.72. The van der Waals surface area contributed by atoms with Crippen molar-refractivity contribution in [3.8, 4) is 0 Å². The van der Waals surface area contributed by atoms with Gasteiger partial charge in [-0.05, 0) is 61.4 Å². The van der Waals surface area contributed by atoms with Gasteiger partial charge in [-0.25, -0.2) is 8.42 Å². The van der Waals surface area contributed by atoms with Crippen LogP contribution in [0.2, 0.25) is 0 Å². The molecule has 0 aliphatic carbocycles. The fourth-order valence-corrected chi connectivity index (χ4v) is 4.17. The Bertz CT molecular complexity index is 1090. The minimum absolute atomic E-state index is 0.0992. The molecule has 2 aromatic rings. The number of carbonyl (C=O) groups is 2. The topological polar surface area (TPSA) is 117 Å². The molecule has 0 unspecified atom stereocenters. The van der Waals surface area contributed by atoms with E-state index in [4.69, 9.17) is 0 Å². The Morgan fingerprint density at radius 2 is 1.50 bits per heavy atom. The van der Waals surface area contributed by atoms with E-state index in [0.717, 1.165) is 19.3 Å². The number of nitrogens with zero attached hydrogens (tertiary/aromatic N) is 1. The molecule has 0 saturated heterocycles. The third kappa shape index (κ3) is 6.40. The number of anilines is 2. The van der Waals surface area contributed by atoms with Crippen LogP contribution in [0.15, 0.2) is 58.4 Å². The first-order chi connectivity index (χ1) is 15.2. The van der Waals surface area contributed by atoms with Gasteiger partial charge in [0.25, 0.3) is 15.9 Å². The number of amidine groups is 1. The lowest BCUT2D eigenvalue weighted by molar-refractivity contribution is -0.118. The highest BCUT2D eigenvalue weighted by Crippen LogP contribution is 2.17. The van der Waals surface area contributed by atoms with Crippen LogP contribution in [0.4, 0.5) is 11.4 Å². The average Bonchev–Trinajstić information content (AvgIpc) is 3.02. The standard InChI is InChI=1S/C23H28N4O4S/c1-16(2)22(28)25-18-9-7-17(8-10-18)23(29)26-19-11-13-20(14-12-19)32(30,31)27-21-6-4-3-5-15-24-21/h7-14,16H,3-6,15H2,1-2H3,(H,24,27)(H,25,28)(H,26,29). The van der Waals surface area contributed by atoms with Gasteiger partial charge in [-0.15, -0.1) is 0 Å². The number of aliphatic imine (C=N–C) groups is 1.